The van der Waals surface area contributed by atoms with E-state index >= 15 is 0 Å². The Morgan fingerprint density at radius 1 is 0.714 bits per heavy atom. The van der Waals surface area contributed by atoms with Gasteiger partial charge < -0.3 is 14.2 Å². The molecule has 0 radical (unpaired) electrons. The van der Waals surface area contributed by atoms with E-state index in [9.17, 15) is 0 Å². The summed E-state index contributed by atoms with van der Waals surface area (Å²) in [6.45, 7) is 1.12. The van der Waals surface area contributed by atoms with Crippen molar-refractivity contribution in [3.63, 3.8) is 0 Å². The average Bonchev–Trinajstić information content (AvgIpc) is 1.72. The smallest absolute Gasteiger partial charge is 0.152 e. The molecule has 3 nitrogen and oxygen atoms in total. The van der Waals surface area contributed by atoms with Gasteiger partial charge in [0.05, 0.1) is 0 Å². The van der Waals surface area contributed by atoms with Crippen molar-refractivity contribution in [2.24, 2.45) is 0 Å². The number of hydrogen-bond donors (Lipinski definition) is 0. The van der Waals surface area contributed by atoms with E-state index in [4.69, 9.17) is 0 Å². The van der Waals surface area contributed by atoms with Crippen LogP contribution in [0.3, 0.4) is 0 Å². The number of rotatable bonds is 0. The second-order valence-corrected chi connectivity index (χ2v) is 0.966. The maximum atomic E-state index is 4.62. The van der Waals surface area contributed by atoms with Gasteiger partial charge in [0.1, 0.15) is 0 Å². The van der Waals surface area contributed by atoms with Gasteiger partial charge in [-0.3, -0.25) is 0 Å². The molecule has 0 aliphatic carbocycles. The molecule has 1 aliphatic heterocycles. The van der Waals surface area contributed by atoms with Gasteiger partial charge in [0.25, 0.3) is 0 Å². The molecule has 1 heterocycles. The van der Waals surface area contributed by atoms with Crippen LogP contribution in [0.15, 0.2) is 0 Å². The molecule has 4 heteroatoms. The summed E-state index contributed by atoms with van der Waals surface area (Å²) in [6.07, 6.45) is 0. The van der Waals surface area contributed by atoms with Crippen molar-refractivity contribution >= 4 is 24.0 Å². The van der Waals surface area contributed by atoms with Crippen LogP contribution in [0.2, 0.25) is 0 Å². The Kier molecular flexibility index (Phi) is 5.18. The number of hydrogen-bond acceptors (Lipinski definition) is 3. The zero-order chi connectivity index (χ0) is 4.24. The Morgan fingerprint density at radius 2 is 1.00 bits per heavy atom. The molecule has 0 unspecified atom stereocenters. The van der Waals surface area contributed by atoms with Crippen molar-refractivity contribution < 1.29 is 14.2 Å². The van der Waals surface area contributed by atoms with Crippen molar-refractivity contribution in [2.45, 2.75) is 0 Å². The van der Waals surface area contributed by atoms with Crippen LogP contribution in [0.25, 0.3) is 0 Å². The molecule has 0 spiro atoms. The Labute approximate surface area is 58.9 Å². The Hall–Kier alpha value is 0.610. The summed E-state index contributed by atoms with van der Waals surface area (Å²) >= 11 is 0. The van der Waals surface area contributed by atoms with Crippen LogP contribution in [0, 0.1) is 0 Å². The first-order valence-electron chi connectivity index (χ1n) is 1.73. The van der Waals surface area contributed by atoms with E-state index < -0.39 is 0 Å². The molecule has 0 aromatic heterocycles. The second kappa shape index (κ2) is 4.76. The van der Waals surface area contributed by atoms with Crippen molar-refractivity contribution in [3.05, 3.63) is 0 Å². The van der Waals surface area contributed by atoms with E-state index in [0.29, 0.717) is 20.4 Å². The lowest BCUT2D eigenvalue weighted by Gasteiger charge is -2.10. The summed E-state index contributed by atoms with van der Waals surface area (Å²) in [5.74, 6) is 0. The van der Waals surface area contributed by atoms with E-state index in [-0.39, 0.29) is 24.0 Å². The highest BCUT2D eigenvalue weighted by molar-refractivity contribution is 14.0. The third-order valence-corrected chi connectivity index (χ3v) is 0.500. The predicted octanol–water partition coefficient (Wildman–Crippen LogP) is 0.540. The lowest BCUT2D eigenvalue weighted by atomic mass is 11.2. The Bertz CT molecular complexity index is 25.7. The number of halogens is 1. The fraction of sp³-hybridized carbons (Fsp3) is 1.00. The van der Waals surface area contributed by atoms with Crippen LogP contribution in [0.5, 0.6) is 0 Å². The van der Waals surface area contributed by atoms with Crippen LogP contribution in [-0.4, -0.2) is 20.4 Å². The fourth-order valence-electron chi connectivity index (χ4n) is 0.279. The van der Waals surface area contributed by atoms with Gasteiger partial charge in [-0.25, -0.2) is 0 Å². The normalized spacial score (nSPS) is 20.6. The minimum Gasteiger partial charge on any atom is -0.329 e. The summed E-state index contributed by atoms with van der Waals surface area (Å²) < 4.78 is 13.9. The van der Waals surface area contributed by atoms with Gasteiger partial charge in [-0.2, -0.15) is 0 Å². The van der Waals surface area contributed by atoms with Crippen molar-refractivity contribution in [2.75, 3.05) is 20.4 Å². The Morgan fingerprint density at radius 3 is 1.14 bits per heavy atom. The molecule has 0 aromatic carbocycles. The van der Waals surface area contributed by atoms with E-state index in [0.717, 1.165) is 0 Å². The minimum absolute atomic E-state index is 0. The van der Waals surface area contributed by atoms with Crippen LogP contribution < -0.4 is 0 Å². The summed E-state index contributed by atoms with van der Waals surface area (Å²) in [7, 11) is 0. The van der Waals surface area contributed by atoms with Gasteiger partial charge in [-0.1, -0.05) is 0 Å². The quantitative estimate of drug-likeness (QED) is 0.555. The largest absolute Gasteiger partial charge is 0.329 e. The highest BCUT2D eigenvalue weighted by Gasteiger charge is 1.93. The molecule has 0 N–H and O–H groups in total. The lowest BCUT2D eigenvalue weighted by Crippen LogP contribution is -2.14. The van der Waals surface area contributed by atoms with E-state index in [2.05, 4.69) is 14.2 Å². The third kappa shape index (κ3) is 3.22. The van der Waals surface area contributed by atoms with Crippen LogP contribution in [0.1, 0.15) is 0 Å². The summed E-state index contributed by atoms with van der Waals surface area (Å²) in [6, 6.07) is 0. The fourth-order valence-corrected chi connectivity index (χ4v) is 0.279. The lowest BCUT2D eigenvalue weighted by molar-refractivity contribution is -0.247. The van der Waals surface area contributed by atoms with Crippen LogP contribution >= 0.6 is 24.0 Å². The molecule has 0 saturated carbocycles. The first-order valence-corrected chi connectivity index (χ1v) is 1.73. The van der Waals surface area contributed by atoms with Crippen LogP contribution in [0.4, 0.5) is 0 Å². The zero-order valence-electron chi connectivity index (χ0n) is 3.75. The zero-order valence-corrected chi connectivity index (χ0v) is 6.08. The maximum absolute atomic E-state index is 4.62. The molecule has 1 rings (SSSR count). The molecule has 1 fully saturated rings. The summed E-state index contributed by atoms with van der Waals surface area (Å²) in [5.41, 5.74) is 0. The molecule has 0 amide bonds. The first-order chi connectivity index (χ1) is 3.00. The molecule has 1 aliphatic rings. The highest BCUT2D eigenvalue weighted by Crippen LogP contribution is 1.87. The molecular formula is C3H7IO3. The monoisotopic (exact) mass is 218 g/mol. The van der Waals surface area contributed by atoms with Gasteiger partial charge in [0, 0.05) is 0 Å². The average molecular weight is 218 g/mol. The van der Waals surface area contributed by atoms with Gasteiger partial charge in [-0.05, 0) is 0 Å². The molecule has 0 atom stereocenters. The van der Waals surface area contributed by atoms with Gasteiger partial charge in [0.15, 0.2) is 20.4 Å². The van der Waals surface area contributed by atoms with E-state index in [1.54, 1.807) is 0 Å². The molecule has 0 aromatic rings. The van der Waals surface area contributed by atoms with Crippen molar-refractivity contribution in [1.29, 1.82) is 0 Å². The third-order valence-electron chi connectivity index (χ3n) is 0.500. The Balaban J connectivity index is 0.000000360. The SMILES string of the molecule is C1OCOCO1.I. The molecule has 7 heavy (non-hydrogen) atoms. The topological polar surface area (TPSA) is 27.7 Å². The summed E-state index contributed by atoms with van der Waals surface area (Å²) in [5, 5.41) is 0. The standard InChI is InChI=1S/C3H6O3.HI/c1-4-2-6-3-5-1;/h1-3H2;1H. The van der Waals surface area contributed by atoms with Crippen molar-refractivity contribution in [1.82, 2.24) is 0 Å². The van der Waals surface area contributed by atoms with Gasteiger partial charge in [-0.15, -0.1) is 24.0 Å². The minimum atomic E-state index is 0. The van der Waals surface area contributed by atoms with E-state index in [1.165, 1.54) is 0 Å². The van der Waals surface area contributed by atoms with E-state index in [1.807, 2.05) is 0 Å². The first kappa shape index (κ1) is 7.61. The van der Waals surface area contributed by atoms with Gasteiger partial charge in [0.2, 0.25) is 0 Å². The molecule has 1 saturated heterocycles. The van der Waals surface area contributed by atoms with Gasteiger partial charge >= 0.3 is 0 Å². The van der Waals surface area contributed by atoms with Crippen LogP contribution in [-0.2, 0) is 14.2 Å². The summed E-state index contributed by atoms with van der Waals surface area (Å²) in [4.78, 5) is 0. The molecule has 44 valence electrons. The second-order valence-electron chi connectivity index (χ2n) is 0.966. The molecular weight excluding hydrogens is 211 g/mol. The maximum Gasteiger partial charge on any atom is 0.152 e. The predicted molar refractivity (Wildman–Crippen MR) is 33.3 cm³/mol. The van der Waals surface area contributed by atoms with Crippen molar-refractivity contribution in [3.8, 4) is 0 Å². The highest BCUT2D eigenvalue weighted by atomic mass is 127. The number of ether oxygens (including phenoxy) is 3. The molecule has 0 bridgehead atoms.